The third-order valence-corrected chi connectivity index (χ3v) is 5.86. The van der Waals surface area contributed by atoms with Crippen molar-refractivity contribution in [3.63, 3.8) is 0 Å². The van der Waals surface area contributed by atoms with Crippen LogP contribution in [-0.2, 0) is 6.18 Å². The zero-order valence-electron chi connectivity index (χ0n) is 15.4. The Morgan fingerprint density at radius 2 is 1.90 bits per heavy atom. The van der Waals surface area contributed by atoms with Gasteiger partial charge in [0.2, 0.25) is 11.8 Å². The van der Waals surface area contributed by atoms with Gasteiger partial charge in [0.05, 0.1) is 18.4 Å². The van der Waals surface area contributed by atoms with E-state index in [4.69, 9.17) is 4.74 Å². The molecule has 2 aliphatic carbocycles. The van der Waals surface area contributed by atoms with Crippen molar-refractivity contribution in [2.24, 2.45) is 5.41 Å². The second kappa shape index (κ2) is 6.27. The molecule has 29 heavy (non-hydrogen) atoms. The highest BCUT2D eigenvalue weighted by Crippen LogP contribution is 2.52. The monoisotopic (exact) mass is 402 g/mol. The molecule has 0 spiro atoms. The van der Waals surface area contributed by atoms with Crippen molar-refractivity contribution in [3.05, 3.63) is 35.5 Å². The summed E-state index contributed by atoms with van der Waals surface area (Å²) in [5.41, 5.74) is -0.679. The molecule has 4 fully saturated rings. The van der Waals surface area contributed by atoms with Crippen LogP contribution in [0.5, 0.6) is 5.88 Å². The fraction of sp³-hybridized carbons (Fsp3) is 0.526. The van der Waals surface area contributed by atoms with Crippen LogP contribution in [-0.4, -0.2) is 39.1 Å². The lowest BCUT2D eigenvalue weighted by atomic mass is 9.71. The molecule has 2 saturated heterocycles. The lowest BCUT2D eigenvalue weighted by molar-refractivity contribution is -0.138. The van der Waals surface area contributed by atoms with E-state index in [1.807, 2.05) is 4.90 Å². The number of aromatic nitrogens is 4. The molecule has 2 bridgehead atoms. The van der Waals surface area contributed by atoms with Crippen molar-refractivity contribution < 1.29 is 17.9 Å². The average molecular weight is 402 g/mol. The zero-order chi connectivity index (χ0) is 20.2. The molecule has 2 saturated carbocycles. The summed E-state index contributed by atoms with van der Waals surface area (Å²) in [6.45, 7) is 0.988. The summed E-state index contributed by atoms with van der Waals surface area (Å²) in [5.74, 6) is 1.69. The number of halogens is 3. The third kappa shape index (κ3) is 3.24. The van der Waals surface area contributed by atoms with Crippen LogP contribution in [0.3, 0.4) is 0 Å². The van der Waals surface area contributed by atoms with Crippen LogP contribution < -0.4 is 9.64 Å². The van der Waals surface area contributed by atoms with Gasteiger partial charge in [-0.2, -0.15) is 23.4 Å². The quantitative estimate of drug-likeness (QED) is 0.759. The maximum Gasteiger partial charge on any atom is 0.419 e. The van der Waals surface area contributed by atoms with Crippen LogP contribution in [0.25, 0.3) is 0 Å². The molecule has 7 nitrogen and oxygen atoms in total. The van der Waals surface area contributed by atoms with Crippen LogP contribution in [0, 0.1) is 16.7 Å². The predicted molar refractivity (Wildman–Crippen MR) is 94.1 cm³/mol. The number of rotatable bonds is 5. The van der Waals surface area contributed by atoms with Gasteiger partial charge in [0, 0.05) is 36.3 Å². The largest absolute Gasteiger partial charge is 0.476 e. The van der Waals surface area contributed by atoms with Crippen LogP contribution in [0.2, 0.25) is 0 Å². The molecule has 10 heteroatoms. The zero-order valence-corrected chi connectivity index (χ0v) is 15.4. The number of fused-ring (bicyclic) bond motifs is 1. The third-order valence-electron chi connectivity index (χ3n) is 5.86. The van der Waals surface area contributed by atoms with E-state index in [2.05, 4.69) is 26.0 Å². The van der Waals surface area contributed by atoms with E-state index in [-0.39, 0.29) is 11.5 Å². The standard InChI is InChI=1S/C19H17F3N6O/c20-19(21,22)13-7-25-17(26-8-13)28-9-18(3-14(28)4-18)10-29-16-12(5-23)6-24-15(27-16)11-1-2-11/h6-8,11,14H,1-4,9-10H2. The van der Waals surface area contributed by atoms with Crippen molar-refractivity contribution in [2.75, 3.05) is 18.1 Å². The first kappa shape index (κ1) is 18.1. The molecule has 0 N–H and O–H groups in total. The first-order valence-electron chi connectivity index (χ1n) is 9.43. The molecule has 4 aliphatic rings. The minimum Gasteiger partial charge on any atom is -0.476 e. The number of nitrogens with zero attached hydrogens (tertiary/aromatic N) is 6. The summed E-state index contributed by atoms with van der Waals surface area (Å²) in [6, 6.07) is 2.26. The number of nitriles is 1. The van der Waals surface area contributed by atoms with Gasteiger partial charge in [0.1, 0.15) is 17.5 Å². The van der Waals surface area contributed by atoms with Gasteiger partial charge in [-0.15, -0.1) is 0 Å². The van der Waals surface area contributed by atoms with Gasteiger partial charge in [-0.1, -0.05) is 0 Å². The highest BCUT2D eigenvalue weighted by atomic mass is 19.4. The molecule has 2 aromatic rings. The summed E-state index contributed by atoms with van der Waals surface area (Å²) < 4.78 is 44.0. The van der Waals surface area contributed by atoms with Crippen LogP contribution in [0.15, 0.2) is 18.6 Å². The van der Waals surface area contributed by atoms with Gasteiger partial charge < -0.3 is 9.64 Å². The molecule has 6 rings (SSSR count). The maximum absolute atomic E-state index is 12.7. The van der Waals surface area contributed by atoms with Gasteiger partial charge in [-0.25, -0.2) is 15.0 Å². The van der Waals surface area contributed by atoms with E-state index in [1.54, 1.807) is 0 Å². The Bertz CT molecular complexity index is 977. The average Bonchev–Trinajstić information content (AvgIpc) is 3.38. The predicted octanol–water partition coefficient (Wildman–Crippen LogP) is 3.08. The van der Waals surface area contributed by atoms with Gasteiger partial charge in [-0.05, 0) is 25.7 Å². The Morgan fingerprint density at radius 3 is 2.52 bits per heavy atom. The summed E-state index contributed by atoms with van der Waals surface area (Å²) >= 11 is 0. The Balaban J connectivity index is 1.27. The maximum atomic E-state index is 12.7. The summed E-state index contributed by atoms with van der Waals surface area (Å²) in [4.78, 5) is 18.4. The Kier molecular flexibility index (Phi) is 3.91. The number of anilines is 1. The van der Waals surface area contributed by atoms with Crippen LogP contribution in [0.4, 0.5) is 19.1 Å². The lowest BCUT2D eigenvalue weighted by Gasteiger charge is -2.36. The SMILES string of the molecule is N#Cc1cnc(C2CC2)nc1OCC12CC(C1)N(c1ncc(C(F)(F)F)cn1)C2. The van der Waals surface area contributed by atoms with E-state index in [9.17, 15) is 18.4 Å². The van der Waals surface area contributed by atoms with E-state index in [1.165, 1.54) is 6.20 Å². The van der Waals surface area contributed by atoms with Gasteiger partial charge in [-0.3, -0.25) is 0 Å². The molecule has 2 aromatic heterocycles. The minimum absolute atomic E-state index is 0.131. The molecular weight excluding hydrogens is 385 g/mol. The van der Waals surface area contributed by atoms with E-state index in [0.29, 0.717) is 42.3 Å². The Labute approximate surface area is 164 Å². The van der Waals surface area contributed by atoms with Gasteiger partial charge in [0.25, 0.3) is 0 Å². The first-order chi connectivity index (χ1) is 13.9. The van der Waals surface area contributed by atoms with Crippen molar-refractivity contribution in [3.8, 4) is 11.9 Å². The number of hydrogen-bond donors (Lipinski definition) is 0. The van der Waals surface area contributed by atoms with Gasteiger partial charge in [0.15, 0.2) is 0 Å². The fourth-order valence-corrected chi connectivity index (χ4v) is 4.12. The molecule has 0 amide bonds. The molecule has 2 aliphatic heterocycles. The molecule has 0 atom stereocenters. The van der Waals surface area contributed by atoms with Crippen molar-refractivity contribution in [1.82, 2.24) is 19.9 Å². The van der Waals surface area contributed by atoms with E-state index in [0.717, 1.165) is 38.1 Å². The van der Waals surface area contributed by atoms with E-state index < -0.39 is 11.7 Å². The second-order valence-corrected chi connectivity index (χ2v) is 8.08. The van der Waals surface area contributed by atoms with Crippen LogP contribution in [0.1, 0.15) is 48.6 Å². The van der Waals surface area contributed by atoms with E-state index >= 15 is 0 Å². The molecule has 150 valence electrons. The normalized spacial score (nSPS) is 25.4. The Morgan fingerprint density at radius 1 is 1.17 bits per heavy atom. The van der Waals surface area contributed by atoms with Crippen molar-refractivity contribution in [2.45, 2.75) is 43.8 Å². The summed E-state index contributed by atoms with van der Waals surface area (Å²) in [7, 11) is 0. The second-order valence-electron chi connectivity index (χ2n) is 8.08. The van der Waals surface area contributed by atoms with Crippen molar-refractivity contribution >= 4 is 5.95 Å². The topological polar surface area (TPSA) is 87.8 Å². The summed E-state index contributed by atoms with van der Waals surface area (Å²) in [6.07, 6.45) is 2.50. The highest BCUT2D eigenvalue weighted by molar-refractivity contribution is 5.41. The van der Waals surface area contributed by atoms with Crippen molar-refractivity contribution in [1.29, 1.82) is 5.26 Å². The molecule has 0 unspecified atom stereocenters. The van der Waals surface area contributed by atoms with Gasteiger partial charge >= 0.3 is 6.18 Å². The summed E-state index contributed by atoms with van der Waals surface area (Å²) in [5, 5.41) is 9.29. The fourth-order valence-electron chi connectivity index (χ4n) is 4.12. The Hall–Kier alpha value is -2.96. The number of hydrogen-bond acceptors (Lipinski definition) is 7. The number of ether oxygens (including phenoxy) is 1. The van der Waals surface area contributed by atoms with Crippen LogP contribution >= 0.6 is 0 Å². The molecular formula is C19H17F3N6O. The number of alkyl halides is 3. The lowest BCUT2D eigenvalue weighted by Crippen LogP contribution is -2.39. The molecule has 0 aromatic carbocycles. The minimum atomic E-state index is -4.45. The smallest absolute Gasteiger partial charge is 0.419 e. The first-order valence-corrected chi connectivity index (χ1v) is 9.43. The molecule has 0 radical (unpaired) electrons. The highest BCUT2D eigenvalue weighted by Gasteiger charge is 2.56. The molecule has 4 heterocycles.